The van der Waals surface area contributed by atoms with Crippen molar-refractivity contribution in [3.05, 3.63) is 72.6 Å². The van der Waals surface area contributed by atoms with Crippen LogP contribution in [-0.2, 0) is 17.8 Å². The first kappa shape index (κ1) is 24.8. The van der Waals surface area contributed by atoms with Crippen molar-refractivity contribution in [2.75, 3.05) is 31.8 Å². The van der Waals surface area contributed by atoms with Gasteiger partial charge in [0.1, 0.15) is 17.3 Å². The van der Waals surface area contributed by atoms with Crippen LogP contribution in [0, 0.1) is 0 Å². The third-order valence-corrected chi connectivity index (χ3v) is 5.74. The van der Waals surface area contributed by atoms with Crippen LogP contribution < -0.4 is 20.1 Å². The van der Waals surface area contributed by atoms with E-state index in [0.717, 1.165) is 0 Å². The molecule has 0 aliphatic rings. The van der Waals surface area contributed by atoms with Crippen LogP contribution in [0.15, 0.2) is 66.3 Å². The van der Waals surface area contributed by atoms with Crippen LogP contribution >= 0.6 is 11.8 Å². The van der Waals surface area contributed by atoms with Gasteiger partial charge in [-0.25, -0.2) is 0 Å². The molecule has 0 saturated heterocycles. The summed E-state index contributed by atoms with van der Waals surface area (Å²) in [6.07, 6.45) is 2.22. The van der Waals surface area contributed by atoms with Crippen LogP contribution in [0.25, 0.3) is 0 Å². The molecular formula is C24H27N5O4S. The van der Waals surface area contributed by atoms with Crippen molar-refractivity contribution < 1.29 is 19.1 Å². The Hall–Kier alpha value is -3.79. The smallest absolute Gasteiger partial charge is 0.251 e. The molecule has 0 unspecified atom stereocenters. The van der Waals surface area contributed by atoms with E-state index in [4.69, 9.17) is 9.47 Å². The fourth-order valence-electron chi connectivity index (χ4n) is 3.08. The van der Waals surface area contributed by atoms with Crippen molar-refractivity contribution in [3.8, 4) is 11.5 Å². The van der Waals surface area contributed by atoms with Crippen LogP contribution in [0.1, 0.15) is 16.2 Å². The summed E-state index contributed by atoms with van der Waals surface area (Å²) < 4.78 is 12.2. The van der Waals surface area contributed by atoms with Gasteiger partial charge in [0.05, 0.1) is 20.0 Å². The maximum absolute atomic E-state index is 12.4. The number of methoxy groups -OCH3 is 2. The number of nitrogens with zero attached hydrogens (tertiary/aromatic N) is 3. The number of anilines is 1. The first-order chi connectivity index (χ1) is 16.5. The van der Waals surface area contributed by atoms with E-state index < -0.39 is 0 Å². The SMILES string of the molecule is C=CCn1c(CCNC(=O)c2ccc(OC)cc2)nnc1SCC(=O)Nc1cccc(OC)c1. The molecule has 0 bridgehead atoms. The minimum atomic E-state index is -0.179. The maximum Gasteiger partial charge on any atom is 0.251 e. The van der Waals surface area contributed by atoms with Gasteiger partial charge in [0.25, 0.3) is 5.91 Å². The van der Waals surface area contributed by atoms with Crippen molar-refractivity contribution in [1.82, 2.24) is 20.1 Å². The number of carbonyl (C=O) groups excluding carboxylic acids is 2. The lowest BCUT2D eigenvalue weighted by Crippen LogP contribution is -2.26. The molecule has 178 valence electrons. The van der Waals surface area contributed by atoms with Gasteiger partial charge in [-0.15, -0.1) is 16.8 Å². The molecular weight excluding hydrogens is 454 g/mol. The first-order valence-corrected chi connectivity index (χ1v) is 11.5. The number of thioether (sulfide) groups is 1. The number of nitrogens with one attached hydrogen (secondary N) is 2. The average Bonchev–Trinajstić information content (AvgIpc) is 3.24. The van der Waals surface area contributed by atoms with Crippen LogP contribution in [0.2, 0.25) is 0 Å². The largest absolute Gasteiger partial charge is 0.497 e. The van der Waals surface area contributed by atoms with Crippen LogP contribution in [0.4, 0.5) is 5.69 Å². The van der Waals surface area contributed by atoms with Gasteiger partial charge >= 0.3 is 0 Å². The molecule has 2 N–H and O–H groups in total. The number of amides is 2. The average molecular weight is 482 g/mol. The van der Waals surface area contributed by atoms with Crippen molar-refractivity contribution in [3.63, 3.8) is 0 Å². The van der Waals surface area contributed by atoms with Crippen LogP contribution in [0.5, 0.6) is 11.5 Å². The molecule has 0 fully saturated rings. The summed E-state index contributed by atoms with van der Waals surface area (Å²) in [6, 6.07) is 14.1. The topological polar surface area (TPSA) is 107 Å². The summed E-state index contributed by atoms with van der Waals surface area (Å²) in [5, 5.41) is 14.8. The molecule has 0 atom stereocenters. The fraction of sp³-hybridized carbons (Fsp3) is 0.250. The van der Waals surface area contributed by atoms with E-state index in [-0.39, 0.29) is 17.6 Å². The quantitative estimate of drug-likeness (QED) is 0.302. The number of rotatable bonds is 12. The third kappa shape index (κ3) is 6.85. The highest BCUT2D eigenvalue weighted by Gasteiger charge is 2.14. The highest BCUT2D eigenvalue weighted by Crippen LogP contribution is 2.20. The molecule has 1 heterocycles. The molecule has 0 aliphatic heterocycles. The first-order valence-electron chi connectivity index (χ1n) is 10.6. The Morgan fingerprint density at radius 1 is 1.09 bits per heavy atom. The number of hydrogen-bond donors (Lipinski definition) is 2. The van der Waals surface area contributed by atoms with E-state index in [0.29, 0.717) is 53.2 Å². The molecule has 2 amide bonds. The molecule has 0 aliphatic carbocycles. The highest BCUT2D eigenvalue weighted by molar-refractivity contribution is 7.99. The van der Waals surface area contributed by atoms with Gasteiger partial charge in [-0.2, -0.15) is 0 Å². The molecule has 0 radical (unpaired) electrons. The lowest BCUT2D eigenvalue weighted by atomic mass is 10.2. The van der Waals surface area contributed by atoms with Gasteiger partial charge in [0, 0.05) is 36.8 Å². The summed E-state index contributed by atoms with van der Waals surface area (Å²) in [4.78, 5) is 24.7. The van der Waals surface area contributed by atoms with Crippen LogP contribution in [0.3, 0.4) is 0 Å². The fourth-order valence-corrected chi connectivity index (χ4v) is 3.85. The Kier molecular flexibility index (Phi) is 9.10. The molecule has 2 aromatic carbocycles. The van der Waals surface area contributed by atoms with Crippen molar-refractivity contribution in [2.24, 2.45) is 0 Å². The molecule has 0 saturated carbocycles. The maximum atomic E-state index is 12.4. The zero-order valence-electron chi connectivity index (χ0n) is 19.1. The van der Waals surface area contributed by atoms with Gasteiger partial charge in [-0.3, -0.25) is 9.59 Å². The lowest BCUT2D eigenvalue weighted by molar-refractivity contribution is -0.113. The standard InChI is InChI=1S/C24H27N5O4S/c1-4-14-29-21(12-13-25-23(31)17-8-10-19(32-2)11-9-17)27-28-24(29)34-16-22(30)26-18-6-5-7-20(15-18)33-3/h4-11,15H,1,12-14,16H2,2-3H3,(H,25,31)(H,26,30). The van der Waals surface area contributed by atoms with Crippen molar-refractivity contribution in [2.45, 2.75) is 18.1 Å². The predicted molar refractivity (Wildman–Crippen MR) is 132 cm³/mol. The predicted octanol–water partition coefficient (Wildman–Crippen LogP) is 3.18. The number of hydrogen-bond acceptors (Lipinski definition) is 7. The Morgan fingerprint density at radius 2 is 1.85 bits per heavy atom. The third-order valence-electron chi connectivity index (χ3n) is 4.78. The molecule has 3 aromatic rings. The summed E-state index contributed by atoms with van der Waals surface area (Å²) in [5.74, 6) is 1.88. The van der Waals surface area contributed by atoms with Gasteiger partial charge in [-0.05, 0) is 36.4 Å². The Morgan fingerprint density at radius 3 is 2.56 bits per heavy atom. The number of ether oxygens (including phenoxy) is 2. The lowest BCUT2D eigenvalue weighted by Gasteiger charge is -2.09. The summed E-state index contributed by atoms with van der Waals surface area (Å²) in [5.41, 5.74) is 1.21. The second kappa shape index (κ2) is 12.4. The molecule has 34 heavy (non-hydrogen) atoms. The minimum absolute atomic E-state index is 0.167. The van der Waals surface area contributed by atoms with Gasteiger partial charge < -0.3 is 24.7 Å². The molecule has 10 heteroatoms. The minimum Gasteiger partial charge on any atom is -0.497 e. The zero-order chi connectivity index (χ0) is 24.3. The van der Waals surface area contributed by atoms with Gasteiger partial charge in [-0.1, -0.05) is 23.9 Å². The second-order valence-corrected chi connectivity index (χ2v) is 8.04. The van der Waals surface area contributed by atoms with Crippen molar-refractivity contribution >= 4 is 29.3 Å². The molecule has 3 rings (SSSR count). The number of aromatic nitrogens is 3. The highest BCUT2D eigenvalue weighted by atomic mass is 32.2. The normalized spacial score (nSPS) is 10.4. The molecule has 0 spiro atoms. The summed E-state index contributed by atoms with van der Waals surface area (Å²) >= 11 is 1.28. The molecule has 1 aromatic heterocycles. The number of allylic oxidation sites excluding steroid dienone is 1. The Bertz CT molecular complexity index is 1130. The Balaban J connectivity index is 1.54. The Labute approximate surface area is 202 Å². The summed E-state index contributed by atoms with van der Waals surface area (Å²) in [6.45, 7) is 4.68. The van der Waals surface area contributed by atoms with E-state index >= 15 is 0 Å². The molecule has 9 nitrogen and oxygen atoms in total. The van der Waals surface area contributed by atoms with Gasteiger partial charge in [0.2, 0.25) is 5.91 Å². The van der Waals surface area contributed by atoms with E-state index in [1.54, 1.807) is 56.7 Å². The number of benzene rings is 2. The number of carbonyl (C=O) groups is 2. The van der Waals surface area contributed by atoms with E-state index in [1.807, 2.05) is 16.7 Å². The van der Waals surface area contributed by atoms with Crippen LogP contribution in [-0.4, -0.2) is 53.1 Å². The summed E-state index contributed by atoms with van der Waals surface area (Å²) in [7, 11) is 3.15. The van der Waals surface area contributed by atoms with E-state index in [1.165, 1.54) is 11.8 Å². The monoisotopic (exact) mass is 481 g/mol. The zero-order valence-corrected chi connectivity index (χ0v) is 19.9. The van der Waals surface area contributed by atoms with Crippen molar-refractivity contribution in [1.29, 1.82) is 0 Å². The van der Waals surface area contributed by atoms with E-state index in [2.05, 4.69) is 27.4 Å². The van der Waals surface area contributed by atoms with E-state index in [9.17, 15) is 9.59 Å². The van der Waals surface area contributed by atoms with Gasteiger partial charge in [0.15, 0.2) is 5.16 Å². The second-order valence-electron chi connectivity index (χ2n) is 7.10.